The minimum absolute atomic E-state index is 0.0327. The molecule has 0 radical (unpaired) electrons. The average Bonchev–Trinajstić information content (AvgIpc) is 2.75. The van der Waals surface area contributed by atoms with Gasteiger partial charge in [0.05, 0.1) is 29.6 Å². The molecule has 1 aromatic rings. The number of nitro groups is 2. The minimum Gasteiger partial charge on any atom is -0.489 e. The minimum atomic E-state index is -0.668. The first-order valence-corrected chi connectivity index (χ1v) is 12.3. The number of hydrogen-bond donors (Lipinski definition) is 0. The molecule has 0 saturated heterocycles. The molecule has 8 nitrogen and oxygen atoms in total. The lowest BCUT2D eigenvalue weighted by Gasteiger charge is -2.13. The van der Waals surface area contributed by atoms with Crippen LogP contribution >= 0.6 is 15.9 Å². The van der Waals surface area contributed by atoms with E-state index in [1.807, 2.05) is 0 Å². The number of nitro benzene ring substituents is 2. The van der Waals surface area contributed by atoms with Crippen LogP contribution in [-0.2, 0) is 5.33 Å². The van der Waals surface area contributed by atoms with Crippen LogP contribution < -0.4 is 9.47 Å². The number of alkyl halides is 1. The third-order valence-corrected chi connectivity index (χ3v) is 5.83. The normalized spacial score (nSPS) is 10.8. The first-order valence-electron chi connectivity index (χ1n) is 11.2. The van der Waals surface area contributed by atoms with Gasteiger partial charge in [0, 0.05) is 5.33 Å². The Morgan fingerprint density at radius 1 is 0.871 bits per heavy atom. The summed E-state index contributed by atoms with van der Waals surface area (Å²) < 4.78 is 10.8. The van der Waals surface area contributed by atoms with Gasteiger partial charge in [0.15, 0.2) is 5.75 Å². The molecule has 31 heavy (non-hydrogen) atoms. The molecule has 1 aromatic carbocycles. The van der Waals surface area contributed by atoms with Gasteiger partial charge in [-0.25, -0.2) is 0 Å². The lowest BCUT2D eigenvalue weighted by Crippen LogP contribution is -2.06. The number of ether oxygens (including phenoxy) is 2. The second-order valence-electron chi connectivity index (χ2n) is 7.64. The number of methoxy groups -OCH3 is 1. The van der Waals surface area contributed by atoms with Gasteiger partial charge in [-0.1, -0.05) is 93.5 Å². The Kier molecular flexibility index (Phi) is 13.9. The first-order chi connectivity index (χ1) is 15.0. The number of hydrogen-bond acceptors (Lipinski definition) is 6. The fraction of sp³-hybridized carbons (Fsp3) is 0.727. The molecule has 1 rings (SSSR count). The van der Waals surface area contributed by atoms with Crippen molar-refractivity contribution in [3.8, 4) is 11.5 Å². The number of unbranched alkanes of at least 4 members (excludes halogenated alkanes) is 11. The maximum absolute atomic E-state index is 11.5. The van der Waals surface area contributed by atoms with Crippen LogP contribution in [0.15, 0.2) is 6.07 Å². The third kappa shape index (κ3) is 9.41. The molecule has 0 atom stereocenters. The number of halogens is 1. The molecular formula is C22H35BrN2O6. The van der Waals surface area contributed by atoms with E-state index >= 15 is 0 Å². The van der Waals surface area contributed by atoms with E-state index in [1.165, 1.54) is 71.0 Å². The molecule has 176 valence electrons. The molecule has 0 heterocycles. The Balaban J connectivity index is 2.45. The van der Waals surface area contributed by atoms with Crippen molar-refractivity contribution in [1.29, 1.82) is 0 Å². The van der Waals surface area contributed by atoms with Crippen LogP contribution in [0.2, 0.25) is 0 Å². The fourth-order valence-electron chi connectivity index (χ4n) is 3.57. The van der Waals surface area contributed by atoms with Crippen molar-refractivity contribution in [3.63, 3.8) is 0 Å². The van der Waals surface area contributed by atoms with Crippen molar-refractivity contribution in [2.75, 3.05) is 13.7 Å². The molecule has 0 fully saturated rings. The molecule has 0 aromatic heterocycles. The quantitative estimate of drug-likeness (QED) is 0.0890. The van der Waals surface area contributed by atoms with E-state index in [1.54, 1.807) is 0 Å². The van der Waals surface area contributed by atoms with Crippen LogP contribution in [-0.4, -0.2) is 23.6 Å². The molecule has 0 aliphatic rings. The first kappa shape index (κ1) is 27.1. The zero-order valence-corrected chi connectivity index (χ0v) is 20.3. The molecule has 0 bridgehead atoms. The van der Waals surface area contributed by atoms with Crippen LogP contribution in [0.1, 0.15) is 89.5 Å². The number of rotatable bonds is 18. The summed E-state index contributed by atoms with van der Waals surface area (Å²) in [6.07, 6.45) is 14.6. The van der Waals surface area contributed by atoms with Crippen molar-refractivity contribution in [2.24, 2.45) is 0 Å². The summed E-state index contributed by atoms with van der Waals surface area (Å²) >= 11 is 3.10. The predicted molar refractivity (Wildman–Crippen MR) is 126 cm³/mol. The second-order valence-corrected chi connectivity index (χ2v) is 8.20. The Hall–Kier alpha value is -1.90. The summed E-state index contributed by atoms with van der Waals surface area (Å²) in [4.78, 5) is 21.6. The molecule has 0 unspecified atom stereocenters. The predicted octanol–water partition coefficient (Wildman–Crippen LogP) is 7.49. The van der Waals surface area contributed by atoms with Gasteiger partial charge < -0.3 is 9.47 Å². The van der Waals surface area contributed by atoms with E-state index in [-0.39, 0.29) is 28.1 Å². The third-order valence-electron chi connectivity index (χ3n) is 5.27. The van der Waals surface area contributed by atoms with Crippen LogP contribution in [0.5, 0.6) is 11.5 Å². The number of nitrogens with zero attached hydrogens (tertiary/aromatic N) is 2. The molecule has 0 amide bonds. The highest BCUT2D eigenvalue weighted by molar-refractivity contribution is 9.08. The highest BCUT2D eigenvalue weighted by atomic mass is 79.9. The Labute approximate surface area is 193 Å². The SMILES string of the molecule is CCCCCCCCCCCCCCOc1cc([N+](=O)[O-])c(CBr)c([N+](=O)[O-])c1OC. The summed E-state index contributed by atoms with van der Waals surface area (Å²) in [5.74, 6) is -0.0438. The van der Waals surface area contributed by atoms with Gasteiger partial charge in [0.1, 0.15) is 5.56 Å². The van der Waals surface area contributed by atoms with E-state index in [9.17, 15) is 20.2 Å². The van der Waals surface area contributed by atoms with Crippen molar-refractivity contribution >= 4 is 27.3 Å². The van der Waals surface area contributed by atoms with Gasteiger partial charge in [-0.2, -0.15) is 0 Å². The van der Waals surface area contributed by atoms with Gasteiger partial charge in [-0.3, -0.25) is 20.2 Å². The second kappa shape index (κ2) is 15.8. The van der Waals surface area contributed by atoms with Crippen LogP contribution in [0, 0.1) is 20.2 Å². The van der Waals surface area contributed by atoms with Gasteiger partial charge in [0.2, 0.25) is 5.75 Å². The smallest absolute Gasteiger partial charge is 0.325 e. The molecule has 0 saturated carbocycles. The highest BCUT2D eigenvalue weighted by Gasteiger charge is 2.33. The Morgan fingerprint density at radius 3 is 1.81 bits per heavy atom. The molecule has 9 heteroatoms. The summed E-state index contributed by atoms with van der Waals surface area (Å²) in [5.41, 5.74) is -0.822. The van der Waals surface area contributed by atoms with Crippen molar-refractivity contribution in [2.45, 2.75) is 89.3 Å². The van der Waals surface area contributed by atoms with Gasteiger partial charge in [0.25, 0.3) is 5.69 Å². The topological polar surface area (TPSA) is 105 Å². The van der Waals surface area contributed by atoms with Gasteiger partial charge in [-0.15, -0.1) is 0 Å². The van der Waals surface area contributed by atoms with E-state index in [0.717, 1.165) is 19.3 Å². The highest BCUT2D eigenvalue weighted by Crippen LogP contribution is 2.45. The van der Waals surface area contributed by atoms with Gasteiger partial charge >= 0.3 is 5.69 Å². The van der Waals surface area contributed by atoms with Crippen molar-refractivity contribution in [1.82, 2.24) is 0 Å². The zero-order chi connectivity index (χ0) is 23.1. The number of benzene rings is 1. The Bertz CT molecular complexity index is 699. The van der Waals surface area contributed by atoms with Crippen LogP contribution in [0.25, 0.3) is 0 Å². The summed E-state index contributed by atoms with van der Waals surface area (Å²) in [6, 6.07) is 1.21. The van der Waals surface area contributed by atoms with Crippen molar-refractivity contribution < 1.29 is 19.3 Å². The van der Waals surface area contributed by atoms with Crippen LogP contribution in [0.4, 0.5) is 11.4 Å². The monoisotopic (exact) mass is 502 g/mol. The van der Waals surface area contributed by atoms with Gasteiger partial charge in [-0.05, 0) is 6.42 Å². The fourth-order valence-corrected chi connectivity index (χ4v) is 4.12. The standard InChI is InChI=1S/C22H35BrN2O6/c1-3-4-5-6-7-8-9-10-11-12-13-14-15-31-20-16-19(24(26)27)18(17-23)21(25(28)29)22(20)30-2/h16H,3-15,17H2,1-2H3. The molecule has 0 spiro atoms. The van der Waals surface area contributed by atoms with E-state index in [0.29, 0.717) is 6.61 Å². The van der Waals surface area contributed by atoms with E-state index in [2.05, 4.69) is 22.9 Å². The van der Waals surface area contributed by atoms with Crippen molar-refractivity contribution in [3.05, 3.63) is 31.9 Å². The summed E-state index contributed by atoms with van der Waals surface area (Å²) in [7, 11) is 1.29. The Morgan fingerprint density at radius 2 is 1.39 bits per heavy atom. The van der Waals surface area contributed by atoms with E-state index in [4.69, 9.17) is 9.47 Å². The molecule has 0 aliphatic heterocycles. The lowest BCUT2D eigenvalue weighted by molar-refractivity contribution is -0.396. The zero-order valence-electron chi connectivity index (χ0n) is 18.7. The molecule has 0 N–H and O–H groups in total. The largest absolute Gasteiger partial charge is 0.489 e. The summed E-state index contributed by atoms with van der Waals surface area (Å²) in [6.45, 7) is 2.56. The van der Waals surface area contributed by atoms with Crippen LogP contribution in [0.3, 0.4) is 0 Å². The van der Waals surface area contributed by atoms with E-state index < -0.39 is 15.5 Å². The summed E-state index contributed by atoms with van der Waals surface area (Å²) in [5, 5.41) is 22.8. The molecular weight excluding hydrogens is 468 g/mol. The maximum atomic E-state index is 11.5. The maximum Gasteiger partial charge on any atom is 0.325 e. The average molecular weight is 503 g/mol. The molecule has 0 aliphatic carbocycles. The lowest BCUT2D eigenvalue weighted by atomic mass is 10.1.